The van der Waals surface area contributed by atoms with Crippen LogP contribution < -0.4 is 5.32 Å². The molecule has 2 saturated heterocycles. The number of carbonyl (C=O) groups excluding carboxylic acids is 1. The standard InChI is InChI=1S/C20H29N3O/c24-19-4-1-3-17-15-18(5-10-20(17)9-2-14-23(19)20)22-13-8-16-6-11-21-12-7-16/h6-7,11-12,17-18,22H,1-5,8-10,13-15H2/t17-,18+,20+/m0/s1. The first-order valence-electron chi connectivity index (χ1n) is 9.71. The molecule has 24 heavy (non-hydrogen) atoms. The van der Waals surface area contributed by atoms with Gasteiger partial charge in [-0.05, 0) is 81.5 Å². The van der Waals surface area contributed by atoms with Gasteiger partial charge >= 0.3 is 0 Å². The van der Waals surface area contributed by atoms with E-state index in [-0.39, 0.29) is 5.54 Å². The lowest BCUT2D eigenvalue weighted by Gasteiger charge is -2.48. The molecule has 1 N–H and O–H groups in total. The van der Waals surface area contributed by atoms with Crippen LogP contribution in [-0.2, 0) is 11.2 Å². The molecule has 3 fully saturated rings. The number of nitrogens with one attached hydrogen (secondary N) is 1. The van der Waals surface area contributed by atoms with Crippen LogP contribution in [0.5, 0.6) is 0 Å². The molecule has 3 atom stereocenters. The minimum atomic E-state index is 0.219. The van der Waals surface area contributed by atoms with Crippen molar-refractivity contribution in [3.63, 3.8) is 0 Å². The maximum atomic E-state index is 12.5. The number of pyridine rings is 1. The lowest BCUT2D eigenvalue weighted by atomic mass is 9.68. The third kappa shape index (κ3) is 2.97. The van der Waals surface area contributed by atoms with Crippen LogP contribution in [0.1, 0.15) is 56.9 Å². The fraction of sp³-hybridized carbons (Fsp3) is 0.700. The first-order valence-corrected chi connectivity index (χ1v) is 9.71. The molecule has 4 heteroatoms. The molecular weight excluding hydrogens is 298 g/mol. The Bertz CT molecular complexity index is 576. The van der Waals surface area contributed by atoms with E-state index in [4.69, 9.17) is 0 Å². The van der Waals surface area contributed by atoms with E-state index in [9.17, 15) is 4.79 Å². The zero-order valence-electron chi connectivity index (χ0n) is 14.5. The van der Waals surface area contributed by atoms with Crippen LogP contribution in [0.3, 0.4) is 0 Å². The summed E-state index contributed by atoms with van der Waals surface area (Å²) in [6.45, 7) is 2.05. The maximum absolute atomic E-state index is 12.5. The van der Waals surface area contributed by atoms with Crippen LogP contribution in [-0.4, -0.2) is 40.5 Å². The molecule has 1 saturated carbocycles. The molecule has 1 amide bonds. The molecule has 0 radical (unpaired) electrons. The third-order valence-electron chi connectivity index (χ3n) is 6.62. The average Bonchev–Trinajstić information content (AvgIpc) is 2.97. The second-order valence-corrected chi connectivity index (χ2v) is 7.87. The molecule has 130 valence electrons. The van der Waals surface area contributed by atoms with E-state index in [1.807, 2.05) is 12.4 Å². The molecule has 1 aliphatic carbocycles. The number of rotatable bonds is 4. The van der Waals surface area contributed by atoms with Crippen molar-refractivity contribution in [3.05, 3.63) is 30.1 Å². The van der Waals surface area contributed by atoms with Crippen LogP contribution in [0.2, 0.25) is 0 Å². The summed E-state index contributed by atoms with van der Waals surface area (Å²) in [6, 6.07) is 4.83. The Morgan fingerprint density at radius 2 is 2.08 bits per heavy atom. The number of aromatic nitrogens is 1. The van der Waals surface area contributed by atoms with Gasteiger partial charge in [0.2, 0.25) is 5.91 Å². The Morgan fingerprint density at radius 1 is 1.21 bits per heavy atom. The van der Waals surface area contributed by atoms with Crippen molar-refractivity contribution in [3.8, 4) is 0 Å². The predicted molar refractivity (Wildman–Crippen MR) is 94.6 cm³/mol. The summed E-state index contributed by atoms with van der Waals surface area (Å²) in [4.78, 5) is 18.8. The van der Waals surface area contributed by atoms with Gasteiger partial charge in [-0.15, -0.1) is 0 Å². The van der Waals surface area contributed by atoms with Crippen molar-refractivity contribution in [1.29, 1.82) is 0 Å². The van der Waals surface area contributed by atoms with Gasteiger partial charge in [0.15, 0.2) is 0 Å². The monoisotopic (exact) mass is 327 g/mol. The molecule has 0 unspecified atom stereocenters. The number of amides is 1. The maximum Gasteiger partial charge on any atom is 0.223 e. The Morgan fingerprint density at radius 3 is 2.96 bits per heavy atom. The van der Waals surface area contributed by atoms with E-state index in [2.05, 4.69) is 27.3 Å². The highest BCUT2D eigenvalue weighted by molar-refractivity contribution is 5.78. The fourth-order valence-corrected chi connectivity index (χ4v) is 5.44. The normalized spacial score (nSPS) is 33.0. The van der Waals surface area contributed by atoms with Gasteiger partial charge in [-0.1, -0.05) is 0 Å². The minimum absolute atomic E-state index is 0.219. The molecule has 1 spiro atoms. The van der Waals surface area contributed by atoms with Crippen molar-refractivity contribution in [2.75, 3.05) is 13.1 Å². The van der Waals surface area contributed by atoms with Crippen LogP contribution in [0.4, 0.5) is 0 Å². The van der Waals surface area contributed by atoms with Gasteiger partial charge in [-0.25, -0.2) is 0 Å². The van der Waals surface area contributed by atoms with E-state index in [0.717, 1.165) is 32.4 Å². The molecule has 2 aliphatic heterocycles. The molecule has 4 nitrogen and oxygen atoms in total. The van der Waals surface area contributed by atoms with E-state index in [1.165, 1.54) is 44.1 Å². The van der Waals surface area contributed by atoms with E-state index >= 15 is 0 Å². The SMILES string of the molecule is O=C1CCC[C@H]2C[C@H](NCCc3ccncc3)CC[C@]23CCCN13. The van der Waals surface area contributed by atoms with Gasteiger partial charge in [-0.3, -0.25) is 9.78 Å². The van der Waals surface area contributed by atoms with Crippen LogP contribution in [0, 0.1) is 5.92 Å². The van der Waals surface area contributed by atoms with E-state index < -0.39 is 0 Å². The Kier molecular flexibility index (Phi) is 4.57. The summed E-state index contributed by atoms with van der Waals surface area (Å²) >= 11 is 0. The van der Waals surface area contributed by atoms with Gasteiger partial charge < -0.3 is 10.2 Å². The lowest BCUT2D eigenvalue weighted by molar-refractivity contribution is -0.137. The first-order chi connectivity index (χ1) is 11.8. The van der Waals surface area contributed by atoms with Crippen molar-refractivity contribution in [2.45, 2.75) is 69.4 Å². The van der Waals surface area contributed by atoms with Crippen molar-refractivity contribution in [2.24, 2.45) is 5.92 Å². The summed E-state index contributed by atoms with van der Waals surface area (Å²) < 4.78 is 0. The largest absolute Gasteiger partial charge is 0.337 e. The molecule has 0 aromatic carbocycles. The molecular formula is C20H29N3O. The third-order valence-corrected chi connectivity index (χ3v) is 6.62. The Balaban J connectivity index is 1.36. The zero-order valence-corrected chi connectivity index (χ0v) is 14.5. The van der Waals surface area contributed by atoms with Gasteiger partial charge in [0, 0.05) is 36.9 Å². The summed E-state index contributed by atoms with van der Waals surface area (Å²) in [5.41, 5.74) is 1.57. The second kappa shape index (κ2) is 6.83. The lowest BCUT2D eigenvalue weighted by Crippen LogP contribution is -2.56. The number of carbonyl (C=O) groups is 1. The Labute approximate surface area is 145 Å². The number of hydrogen-bond donors (Lipinski definition) is 1. The second-order valence-electron chi connectivity index (χ2n) is 7.87. The van der Waals surface area contributed by atoms with Crippen LogP contribution >= 0.6 is 0 Å². The highest BCUT2D eigenvalue weighted by Crippen LogP contribution is 2.49. The van der Waals surface area contributed by atoms with Gasteiger partial charge in [0.25, 0.3) is 0 Å². The summed E-state index contributed by atoms with van der Waals surface area (Å²) in [7, 11) is 0. The molecule has 0 bridgehead atoms. The van der Waals surface area contributed by atoms with Crippen LogP contribution in [0.15, 0.2) is 24.5 Å². The molecule has 4 rings (SSSR count). The van der Waals surface area contributed by atoms with Crippen molar-refractivity contribution in [1.82, 2.24) is 15.2 Å². The van der Waals surface area contributed by atoms with Crippen LogP contribution in [0.25, 0.3) is 0 Å². The van der Waals surface area contributed by atoms with Gasteiger partial charge in [0.05, 0.1) is 0 Å². The summed E-state index contributed by atoms with van der Waals surface area (Å²) in [5, 5.41) is 3.79. The summed E-state index contributed by atoms with van der Waals surface area (Å²) in [5.74, 6) is 1.14. The highest BCUT2D eigenvalue weighted by Gasteiger charge is 2.52. The topological polar surface area (TPSA) is 45.2 Å². The molecule has 1 aromatic rings. The van der Waals surface area contributed by atoms with Gasteiger partial charge in [-0.2, -0.15) is 0 Å². The Hall–Kier alpha value is -1.42. The van der Waals surface area contributed by atoms with Crippen molar-refractivity contribution >= 4 is 5.91 Å². The van der Waals surface area contributed by atoms with E-state index in [1.54, 1.807) is 0 Å². The fourth-order valence-electron chi connectivity index (χ4n) is 5.44. The van der Waals surface area contributed by atoms with E-state index in [0.29, 0.717) is 17.9 Å². The molecule has 3 aliphatic rings. The summed E-state index contributed by atoms with van der Waals surface area (Å²) in [6.07, 6.45) is 14.0. The molecule has 3 heterocycles. The van der Waals surface area contributed by atoms with Gasteiger partial charge in [0.1, 0.15) is 0 Å². The molecule has 1 aromatic heterocycles. The van der Waals surface area contributed by atoms with Crippen molar-refractivity contribution < 1.29 is 4.79 Å². The quantitative estimate of drug-likeness (QED) is 0.925. The number of nitrogens with zero attached hydrogens (tertiary/aromatic N) is 2. The average molecular weight is 327 g/mol. The number of hydrogen-bond acceptors (Lipinski definition) is 3. The minimum Gasteiger partial charge on any atom is -0.337 e. The smallest absolute Gasteiger partial charge is 0.223 e. The predicted octanol–water partition coefficient (Wildman–Crippen LogP) is 2.93. The zero-order chi connectivity index (χ0) is 16.4. The highest BCUT2D eigenvalue weighted by atomic mass is 16.2. The first kappa shape index (κ1) is 16.1.